The molecule has 2 heterocycles. The average molecular weight is 263 g/mol. The van der Waals surface area contributed by atoms with Gasteiger partial charge in [-0.15, -0.1) is 11.8 Å². The van der Waals surface area contributed by atoms with Crippen LogP contribution in [0.5, 0.6) is 0 Å². The average Bonchev–Trinajstić information content (AvgIpc) is 2.55. The number of carbonyl (C=O) groups excluding carboxylic acids is 2. The summed E-state index contributed by atoms with van der Waals surface area (Å²) in [5, 5.41) is 11.1. The van der Waals surface area contributed by atoms with E-state index >= 15 is 0 Å². The molecule has 0 radical (unpaired) electrons. The number of β-lactam (4-membered cyclic amide) rings is 1. The number of nitrogens with zero attached hydrogens (tertiary/aromatic N) is 1. The normalized spacial score (nSPS) is 30.2. The van der Waals surface area contributed by atoms with Crippen LogP contribution in [0.4, 0.5) is 0 Å². The number of rotatable bonds is 4. The molecule has 3 atom stereocenters. The van der Waals surface area contributed by atoms with Crippen LogP contribution in [-0.2, 0) is 9.59 Å². The minimum absolute atomic E-state index is 0. The Kier molecular flexibility index (Phi) is 5.13. The second-order valence-electron chi connectivity index (χ2n) is 3.97. The second kappa shape index (κ2) is 5.78. The van der Waals surface area contributed by atoms with Crippen LogP contribution >= 0.6 is 11.8 Å². The van der Waals surface area contributed by atoms with Gasteiger partial charge in [0, 0.05) is 4.91 Å². The summed E-state index contributed by atoms with van der Waals surface area (Å²) >= 11 is 1.48. The fourth-order valence-corrected chi connectivity index (χ4v) is 3.36. The zero-order valence-electron chi connectivity index (χ0n) is 10.3. The molecule has 0 bridgehead atoms. The number of carboxylic acids is 1. The molecule has 0 saturated carbocycles. The van der Waals surface area contributed by atoms with E-state index in [-0.39, 0.29) is 47.4 Å². The minimum Gasteiger partial charge on any atom is -0.547 e. The molecule has 2 aliphatic rings. The van der Waals surface area contributed by atoms with Crippen molar-refractivity contribution in [2.24, 2.45) is 5.92 Å². The Morgan fingerprint density at radius 2 is 2.18 bits per heavy atom. The molecule has 17 heavy (non-hydrogen) atoms. The van der Waals surface area contributed by atoms with Crippen molar-refractivity contribution in [3.63, 3.8) is 0 Å². The van der Waals surface area contributed by atoms with Gasteiger partial charge in [0.25, 0.3) is 0 Å². The number of fused-ring (bicyclic) bond motifs is 1. The van der Waals surface area contributed by atoms with Crippen LogP contribution in [0, 0.1) is 5.92 Å². The van der Waals surface area contributed by atoms with Crippen molar-refractivity contribution >= 4 is 23.6 Å². The van der Waals surface area contributed by atoms with E-state index in [9.17, 15) is 14.7 Å². The van der Waals surface area contributed by atoms with Gasteiger partial charge in [0.2, 0.25) is 5.91 Å². The van der Waals surface area contributed by atoms with E-state index in [1.165, 1.54) is 16.7 Å². The van der Waals surface area contributed by atoms with E-state index in [4.69, 9.17) is 0 Å². The summed E-state index contributed by atoms with van der Waals surface area (Å²) in [6, 6.07) is -0.861. The van der Waals surface area contributed by atoms with Gasteiger partial charge in [0.05, 0.1) is 17.9 Å². The SMILES string of the molecule is CCSC1=CC2C(CC)C(=O)N2C1C(=O)[O-].[Na+]. The summed E-state index contributed by atoms with van der Waals surface area (Å²) in [6.45, 7) is 3.92. The maximum Gasteiger partial charge on any atom is 1.00 e. The van der Waals surface area contributed by atoms with Crippen molar-refractivity contribution in [1.29, 1.82) is 0 Å². The maximum atomic E-state index is 11.7. The summed E-state index contributed by atoms with van der Waals surface area (Å²) < 4.78 is 0. The topological polar surface area (TPSA) is 60.4 Å². The van der Waals surface area contributed by atoms with Crippen molar-refractivity contribution in [3.8, 4) is 0 Å². The fraction of sp³-hybridized carbons (Fsp3) is 0.636. The molecule has 0 aromatic heterocycles. The molecule has 0 aromatic rings. The molecule has 1 saturated heterocycles. The Labute approximate surface area is 127 Å². The maximum absolute atomic E-state index is 11.7. The number of aliphatic carboxylic acids is 1. The number of hydrogen-bond donors (Lipinski definition) is 0. The zero-order valence-corrected chi connectivity index (χ0v) is 13.1. The molecule has 0 N–H and O–H groups in total. The number of hydrogen-bond acceptors (Lipinski definition) is 4. The van der Waals surface area contributed by atoms with Gasteiger partial charge in [-0.1, -0.05) is 13.8 Å². The van der Waals surface area contributed by atoms with Crippen LogP contribution in [-0.4, -0.2) is 34.6 Å². The first kappa shape index (κ1) is 15.1. The van der Waals surface area contributed by atoms with E-state index in [1.807, 2.05) is 19.9 Å². The van der Waals surface area contributed by atoms with Gasteiger partial charge >= 0.3 is 29.6 Å². The first-order chi connectivity index (χ1) is 7.61. The smallest absolute Gasteiger partial charge is 0.547 e. The minimum atomic E-state index is -1.17. The Balaban J connectivity index is 0.00000144. The first-order valence-corrected chi connectivity index (χ1v) is 6.47. The number of carboxylic acid groups (broad SMARTS) is 1. The summed E-state index contributed by atoms with van der Waals surface area (Å²) in [7, 11) is 0. The predicted octanol–water partition coefficient (Wildman–Crippen LogP) is -3.00. The summed E-state index contributed by atoms with van der Waals surface area (Å²) in [5.41, 5.74) is 0. The van der Waals surface area contributed by atoms with Crippen molar-refractivity contribution in [2.75, 3.05) is 5.75 Å². The van der Waals surface area contributed by atoms with Gasteiger partial charge in [-0.3, -0.25) is 4.79 Å². The van der Waals surface area contributed by atoms with E-state index in [0.717, 1.165) is 17.1 Å². The summed E-state index contributed by atoms with van der Waals surface area (Å²) in [5.74, 6) is -0.444. The van der Waals surface area contributed by atoms with Crippen LogP contribution in [0.2, 0.25) is 0 Å². The second-order valence-corrected chi connectivity index (χ2v) is 5.31. The Morgan fingerprint density at radius 3 is 2.65 bits per heavy atom. The van der Waals surface area contributed by atoms with Gasteiger partial charge in [-0.05, 0) is 18.2 Å². The van der Waals surface area contributed by atoms with E-state index < -0.39 is 12.0 Å². The van der Waals surface area contributed by atoms with Gasteiger partial charge < -0.3 is 14.8 Å². The Morgan fingerprint density at radius 1 is 1.53 bits per heavy atom. The van der Waals surface area contributed by atoms with Gasteiger partial charge in [-0.2, -0.15) is 0 Å². The molecule has 1 amide bonds. The molecule has 2 rings (SSSR count). The molecule has 0 aromatic carbocycles. The van der Waals surface area contributed by atoms with Crippen LogP contribution in [0.25, 0.3) is 0 Å². The molecule has 3 unspecified atom stereocenters. The van der Waals surface area contributed by atoms with Crippen LogP contribution < -0.4 is 34.7 Å². The molecule has 2 aliphatic heterocycles. The molecule has 4 nitrogen and oxygen atoms in total. The Hall–Kier alpha value is 0.0300. The third-order valence-corrected chi connectivity index (χ3v) is 4.14. The Bertz CT molecular complexity index is 372. The van der Waals surface area contributed by atoms with E-state index in [1.54, 1.807) is 0 Å². The third-order valence-electron chi connectivity index (χ3n) is 3.16. The number of thioether (sulfide) groups is 1. The fourth-order valence-electron chi connectivity index (χ4n) is 2.43. The summed E-state index contributed by atoms with van der Waals surface area (Å²) in [4.78, 5) is 25.0. The molecular formula is C11H14NNaO3S. The zero-order chi connectivity index (χ0) is 11.9. The van der Waals surface area contributed by atoms with Crippen LogP contribution in [0.15, 0.2) is 11.0 Å². The largest absolute Gasteiger partial charge is 1.00 e. The van der Waals surface area contributed by atoms with E-state index in [0.29, 0.717) is 0 Å². The van der Waals surface area contributed by atoms with Crippen LogP contribution in [0.3, 0.4) is 0 Å². The monoisotopic (exact) mass is 263 g/mol. The number of carbonyl (C=O) groups is 2. The molecular weight excluding hydrogens is 249 g/mol. The molecule has 1 fully saturated rings. The van der Waals surface area contributed by atoms with Crippen molar-refractivity contribution in [2.45, 2.75) is 32.4 Å². The standard InChI is InChI=1S/C11H15NO3S.Na/c1-3-6-7-5-8(16-4-2)9(11(14)15)12(7)10(6)13;/h5-7,9H,3-4H2,1-2H3,(H,14,15);/q;+1/p-1. The first-order valence-electron chi connectivity index (χ1n) is 5.49. The third kappa shape index (κ3) is 2.30. The summed E-state index contributed by atoms with van der Waals surface area (Å²) in [6.07, 6.45) is 2.69. The van der Waals surface area contributed by atoms with Gasteiger partial charge in [-0.25, -0.2) is 0 Å². The van der Waals surface area contributed by atoms with E-state index in [2.05, 4.69) is 0 Å². The van der Waals surface area contributed by atoms with Crippen molar-refractivity contribution in [3.05, 3.63) is 11.0 Å². The molecule has 0 aliphatic carbocycles. The van der Waals surface area contributed by atoms with Gasteiger partial charge in [0.1, 0.15) is 6.04 Å². The molecule has 6 heteroatoms. The predicted molar refractivity (Wildman–Crippen MR) is 59.4 cm³/mol. The molecule has 0 spiro atoms. The van der Waals surface area contributed by atoms with Crippen molar-refractivity contribution in [1.82, 2.24) is 4.90 Å². The number of amides is 1. The van der Waals surface area contributed by atoms with Crippen molar-refractivity contribution < 1.29 is 44.3 Å². The van der Waals surface area contributed by atoms with Gasteiger partial charge in [0.15, 0.2) is 0 Å². The molecule has 88 valence electrons. The van der Waals surface area contributed by atoms with Crippen LogP contribution in [0.1, 0.15) is 20.3 Å². The quantitative estimate of drug-likeness (QED) is 0.400.